The van der Waals surface area contributed by atoms with Crippen molar-refractivity contribution in [2.24, 2.45) is 0 Å². The molecule has 1 atom stereocenters. The van der Waals surface area contributed by atoms with E-state index in [0.29, 0.717) is 36.6 Å². The molecule has 2 aliphatic heterocycles. The summed E-state index contributed by atoms with van der Waals surface area (Å²) in [5.41, 5.74) is 0.524. The maximum absolute atomic E-state index is 13.0. The fourth-order valence-electron chi connectivity index (χ4n) is 3.60. The molecule has 2 aromatic rings. The SMILES string of the molecule is Cc1ccc(CN(C)C(=O)C2CCCN2C(=O)c2ccc3c(c2)OCO3)s1. The molecule has 1 unspecified atom stereocenters. The highest BCUT2D eigenvalue weighted by Crippen LogP contribution is 2.33. The molecule has 27 heavy (non-hydrogen) atoms. The van der Waals surface area contributed by atoms with Gasteiger partial charge in [-0.3, -0.25) is 9.59 Å². The average Bonchev–Trinajstić information content (AvgIpc) is 3.40. The summed E-state index contributed by atoms with van der Waals surface area (Å²) in [6.45, 7) is 3.39. The minimum absolute atomic E-state index is 0.00681. The number of hydrogen-bond donors (Lipinski definition) is 0. The first kappa shape index (κ1) is 17.9. The summed E-state index contributed by atoms with van der Waals surface area (Å²) in [5, 5.41) is 0. The number of thiophene rings is 1. The number of benzene rings is 1. The fourth-order valence-corrected chi connectivity index (χ4v) is 4.54. The van der Waals surface area contributed by atoms with Crippen molar-refractivity contribution in [1.29, 1.82) is 0 Å². The second-order valence-electron chi connectivity index (χ2n) is 6.93. The molecule has 7 heteroatoms. The van der Waals surface area contributed by atoms with Gasteiger partial charge in [-0.25, -0.2) is 0 Å². The maximum atomic E-state index is 13.0. The molecule has 0 saturated carbocycles. The second-order valence-corrected chi connectivity index (χ2v) is 8.30. The first-order valence-electron chi connectivity index (χ1n) is 9.04. The zero-order valence-corrected chi connectivity index (χ0v) is 16.3. The first-order chi connectivity index (χ1) is 13.0. The smallest absolute Gasteiger partial charge is 0.254 e. The third-order valence-corrected chi connectivity index (χ3v) is 5.97. The zero-order chi connectivity index (χ0) is 19.0. The molecule has 0 N–H and O–H groups in total. The van der Waals surface area contributed by atoms with Crippen LogP contribution in [0, 0.1) is 6.92 Å². The number of nitrogens with zero attached hydrogens (tertiary/aromatic N) is 2. The third kappa shape index (κ3) is 3.51. The van der Waals surface area contributed by atoms with Gasteiger partial charge in [0.15, 0.2) is 11.5 Å². The molecular weight excluding hydrogens is 364 g/mol. The van der Waals surface area contributed by atoms with Crippen LogP contribution in [-0.2, 0) is 11.3 Å². The van der Waals surface area contributed by atoms with Gasteiger partial charge in [-0.15, -0.1) is 11.3 Å². The minimum Gasteiger partial charge on any atom is -0.454 e. The number of hydrogen-bond acceptors (Lipinski definition) is 5. The van der Waals surface area contributed by atoms with Crippen molar-refractivity contribution in [2.45, 2.75) is 32.4 Å². The van der Waals surface area contributed by atoms with Gasteiger partial charge in [0, 0.05) is 28.9 Å². The van der Waals surface area contributed by atoms with Crippen LogP contribution in [0.1, 0.15) is 33.0 Å². The van der Waals surface area contributed by atoms with E-state index in [4.69, 9.17) is 9.47 Å². The Hall–Kier alpha value is -2.54. The lowest BCUT2D eigenvalue weighted by Gasteiger charge is -2.28. The summed E-state index contributed by atoms with van der Waals surface area (Å²) in [6, 6.07) is 8.87. The molecule has 0 bridgehead atoms. The quantitative estimate of drug-likeness (QED) is 0.810. The number of aryl methyl sites for hydroxylation is 1. The van der Waals surface area contributed by atoms with Crippen LogP contribution in [0.3, 0.4) is 0 Å². The molecule has 1 aromatic carbocycles. The van der Waals surface area contributed by atoms with Crippen molar-refractivity contribution in [3.63, 3.8) is 0 Å². The van der Waals surface area contributed by atoms with Crippen LogP contribution in [0.15, 0.2) is 30.3 Å². The lowest BCUT2D eigenvalue weighted by molar-refractivity contribution is -0.134. The van der Waals surface area contributed by atoms with Crippen LogP contribution < -0.4 is 9.47 Å². The number of carbonyl (C=O) groups is 2. The predicted molar refractivity (Wildman–Crippen MR) is 102 cm³/mol. The Kier molecular flexibility index (Phi) is 4.78. The standard InChI is InChI=1S/C20H22N2O4S/c1-13-5-7-15(27-13)11-21(2)20(24)16-4-3-9-22(16)19(23)14-6-8-17-18(10-14)26-12-25-17/h5-8,10,16H,3-4,9,11-12H2,1-2H3. The molecule has 1 saturated heterocycles. The van der Waals surface area contributed by atoms with Gasteiger partial charge in [0.1, 0.15) is 6.04 Å². The van der Waals surface area contributed by atoms with E-state index in [9.17, 15) is 9.59 Å². The van der Waals surface area contributed by atoms with E-state index in [0.717, 1.165) is 11.3 Å². The van der Waals surface area contributed by atoms with Gasteiger partial charge in [-0.1, -0.05) is 0 Å². The molecule has 142 valence electrons. The van der Waals surface area contributed by atoms with Crippen molar-refractivity contribution >= 4 is 23.2 Å². The maximum Gasteiger partial charge on any atom is 0.254 e. The van der Waals surface area contributed by atoms with Crippen LogP contribution >= 0.6 is 11.3 Å². The average molecular weight is 386 g/mol. The molecule has 3 heterocycles. The van der Waals surface area contributed by atoms with Crippen LogP contribution in [0.25, 0.3) is 0 Å². The van der Waals surface area contributed by atoms with Gasteiger partial charge < -0.3 is 19.3 Å². The lowest BCUT2D eigenvalue weighted by Crippen LogP contribution is -2.46. The molecule has 1 fully saturated rings. The third-order valence-electron chi connectivity index (χ3n) is 4.98. The van der Waals surface area contributed by atoms with E-state index < -0.39 is 6.04 Å². The topological polar surface area (TPSA) is 59.1 Å². The van der Waals surface area contributed by atoms with Gasteiger partial charge in [-0.05, 0) is 50.1 Å². The molecule has 1 aromatic heterocycles. The summed E-state index contributed by atoms with van der Waals surface area (Å²) in [7, 11) is 1.80. The summed E-state index contributed by atoms with van der Waals surface area (Å²) in [4.78, 5) is 31.8. The lowest BCUT2D eigenvalue weighted by atomic mass is 10.1. The summed E-state index contributed by atoms with van der Waals surface area (Å²) in [5.74, 6) is 1.08. The number of likely N-dealkylation sites (tertiary alicyclic amines) is 1. The normalized spacial score (nSPS) is 18.0. The molecule has 0 radical (unpaired) electrons. The Labute approximate surface area is 162 Å². The van der Waals surface area contributed by atoms with Crippen molar-refractivity contribution < 1.29 is 19.1 Å². The molecule has 2 aliphatic rings. The minimum atomic E-state index is -0.408. The van der Waals surface area contributed by atoms with E-state index in [-0.39, 0.29) is 18.6 Å². The van der Waals surface area contributed by atoms with E-state index >= 15 is 0 Å². The van der Waals surface area contributed by atoms with Crippen LogP contribution in [0.4, 0.5) is 0 Å². The Morgan fingerprint density at radius 2 is 2.04 bits per heavy atom. The Morgan fingerprint density at radius 1 is 1.22 bits per heavy atom. The van der Waals surface area contributed by atoms with E-state index in [2.05, 4.69) is 13.0 Å². The van der Waals surface area contributed by atoms with Crippen LogP contribution in [0.2, 0.25) is 0 Å². The molecular formula is C20H22N2O4S. The zero-order valence-electron chi connectivity index (χ0n) is 15.4. The molecule has 6 nitrogen and oxygen atoms in total. The monoisotopic (exact) mass is 386 g/mol. The first-order valence-corrected chi connectivity index (χ1v) is 9.85. The molecule has 0 aliphatic carbocycles. The highest BCUT2D eigenvalue weighted by Gasteiger charge is 2.36. The van der Waals surface area contributed by atoms with E-state index in [1.807, 2.05) is 6.07 Å². The van der Waals surface area contributed by atoms with Gasteiger partial charge in [-0.2, -0.15) is 0 Å². The van der Waals surface area contributed by atoms with Crippen molar-refractivity contribution in [3.05, 3.63) is 45.6 Å². The highest BCUT2D eigenvalue weighted by molar-refractivity contribution is 7.11. The van der Waals surface area contributed by atoms with Gasteiger partial charge in [0.05, 0.1) is 6.54 Å². The highest BCUT2D eigenvalue weighted by atomic mass is 32.1. The van der Waals surface area contributed by atoms with E-state index in [1.54, 1.807) is 46.4 Å². The van der Waals surface area contributed by atoms with Crippen LogP contribution in [-0.4, -0.2) is 48.0 Å². The summed E-state index contributed by atoms with van der Waals surface area (Å²) >= 11 is 1.69. The molecule has 4 rings (SSSR count). The predicted octanol–water partition coefficient (Wildman–Crippen LogP) is 3.05. The molecule has 0 spiro atoms. The number of carbonyl (C=O) groups excluding carboxylic acids is 2. The largest absolute Gasteiger partial charge is 0.454 e. The fraction of sp³-hybridized carbons (Fsp3) is 0.400. The number of amides is 2. The number of ether oxygens (including phenoxy) is 2. The summed E-state index contributed by atoms with van der Waals surface area (Å²) in [6.07, 6.45) is 1.53. The Balaban J connectivity index is 1.47. The molecule has 2 amide bonds. The Morgan fingerprint density at radius 3 is 2.81 bits per heavy atom. The summed E-state index contributed by atoms with van der Waals surface area (Å²) < 4.78 is 10.7. The second kappa shape index (κ2) is 7.23. The Bertz CT molecular complexity index is 879. The van der Waals surface area contributed by atoms with Crippen molar-refractivity contribution in [1.82, 2.24) is 9.80 Å². The number of fused-ring (bicyclic) bond motifs is 1. The van der Waals surface area contributed by atoms with Crippen molar-refractivity contribution in [3.8, 4) is 11.5 Å². The van der Waals surface area contributed by atoms with Gasteiger partial charge in [0.25, 0.3) is 5.91 Å². The van der Waals surface area contributed by atoms with E-state index in [1.165, 1.54) is 4.88 Å². The van der Waals surface area contributed by atoms with Crippen LogP contribution in [0.5, 0.6) is 11.5 Å². The van der Waals surface area contributed by atoms with Crippen molar-refractivity contribution in [2.75, 3.05) is 20.4 Å². The number of likely N-dealkylation sites (N-methyl/N-ethyl adjacent to an activating group) is 1. The van der Waals surface area contributed by atoms with Gasteiger partial charge >= 0.3 is 0 Å². The van der Waals surface area contributed by atoms with Gasteiger partial charge in [0.2, 0.25) is 12.7 Å². The number of rotatable bonds is 4.